The van der Waals surface area contributed by atoms with Gasteiger partial charge in [-0.15, -0.1) is 0 Å². The number of esters is 1. The number of hydrogen-bond donors (Lipinski definition) is 3. The predicted molar refractivity (Wildman–Crippen MR) is 87.4 cm³/mol. The number of ether oxygens (including phenoxy) is 1. The third kappa shape index (κ3) is 3.80. The zero-order valence-corrected chi connectivity index (χ0v) is 14.6. The first kappa shape index (κ1) is 18.9. The third-order valence-electron chi connectivity index (χ3n) is 3.49. The zero-order chi connectivity index (χ0) is 18.7. The molecule has 25 heavy (non-hydrogen) atoms. The van der Waals surface area contributed by atoms with E-state index >= 15 is 0 Å². The van der Waals surface area contributed by atoms with Crippen molar-refractivity contribution >= 4 is 39.5 Å². The van der Waals surface area contributed by atoms with Crippen LogP contribution in [0.2, 0.25) is 0 Å². The van der Waals surface area contributed by atoms with E-state index in [9.17, 15) is 18.8 Å². The second kappa shape index (κ2) is 7.62. The Labute approximate surface area is 150 Å². The molecule has 8 nitrogen and oxygen atoms in total. The van der Waals surface area contributed by atoms with Gasteiger partial charge in [0.1, 0.15) is 11.5 Å². The Hall–Kier alpha value is -2.46. The number of halogens is 2. The number of aromatic carboxylic acids is 1. The minimum absolute atomic E-state index is 0.00783. The number of aliphatic hydroxyl groups excluding tert-OH is 1. The van der Waals surface area contributed by atoms with Crippen LogP contribution >= 0.6 is 15.9 Å². The minimum atomic E-state index is -1.31. The molecule has 0 aliphatic carbocycles. The lowest BCUT2D eigenvalue weighted by molar-refractivity contribution is -0.136. The molecule has 0 atom stereocenters. The Morgan fingerprint density at radius 2 is 2.12 bits per heavy atom. The van der Waals surface area contributed by atoms with Crippen LogP contribution in [0, 0.1) is 5.82 Å². The maximum Gasteiger partial charge on any atom is 0.337 e. The van der Waals surface area contributed by atoms with Gasteiger partial charge in [0.2, 0.25) is 0 Å². The van der Waals surface area contributed by atoms with Crippen molar-refractivity contribution in [3.8, 4) is 0 Å². The molecule has 1 aliphatic heterocycles. The molecule has 0 radical (unpaired) electrons. The van der Waals surface area contributed by atoms with Crippen molar-refractivity contribution in [3.63, 3.8) is 0 Å². The van der Waals surface area contributed by atoms with Crippen LogP contribution in [0.15, 0.2) is 27.9 Å². The number of aliphatic hydroxyl groups is 1. The van der Waals surface area contributed by atoms with E-state index in [1.54, 1.807) is 0 Å². The fourth-order valence-corrected chi connectivity index (χ4v) is 2.83. The number of rotatable bonds is 6. The fraction of sp³-hybridized carbons (Fsp3) is 0.267. The second-order valence-electron chi connectivity index (χ2n) is 5.04. The largest absolute Gasteiger partial charge is 0.478 e. The van der Waals surface area contributed by atoms with Crippen LogP contribution in [0.3, 0.4) is 0 Å². The highest BCUT2D eigenvalue weighted by Gasteiger charge is 2.35. The molecular formula is C15H14BrFN2O6. The summed E-state index contributed by atoms with van der Waals surface area (Å²) >= 11 is 3.04. The van der Waals surface area contributed by atoms with Crippen LogP contribution in [-0.2, 0) is 14.3 Å². The summed E-state index contributed by atoms with van der Waals surface area (Å²) in [6, 6.07) is 1.95. The van der Waals surface area contributed by atoms with Gasteiger partial charge in [0.25, 0.3) is 5.91 Å². The normalized spacial score (nSPS) is 14.1. The van der Waals surface area contributed by atoms with Gasteiger partial charge < -0.3 is 25.2 Å². The van der Waals surface area contributed by atoms with Crippen molar-refractivity contribution in [3.05, 3.63) is 39.3 Å². The molecule has 1 amide bonds. The lowest BCUT2D eigenvalue weighted by Crippen LogP contribution is -2.31. The highest BCUT2D eigenvalue weighted by molar-refractivity contribution is 9.10. The van der Waals surface area contributed by atoms with Crippen LogP contribution in [0.5, 0.6) is 0 Å². The number of carbonyl (C=O) groups is 3. The highest BCUT2D eigenvalue weighted by atomic mass is 79.9. The summed E-state index contributed by atoms with van der Waals surface area (Å²) in [6.45, 7) is -0.411. The summed E-state index contributed by atoms with van der Waals surface area (Å²) in [5.74, 6) is -3.61. The number of β-amino-alcohol motifs (C(OH)–C–C–N with tert-alkyl or cyclic N) is 1. The molecule has 1 aromatic carbocycles. The number of carboxylic acids is 1. The number of carbonyl (C=O) groups excluding carboxylic acids is 2. The van der Waals surface area contributed by atoms with Crippen LogP contribution in [0.1, 0.15) is 10.4 Å². The van der Waals surface area contributed by atoms with Gasteiger partial charge in [-0.05, 0) is 28.1 Å². The van der Waals surface area contributed by atoms with Crippen molar-refractivity contribution in [1.82, 2.24) is 4.90 Å². The topological polar surface area (TPSA) is 116 Å². The number of anilines is 1. The SMILES string of the molecule is COC(=O)C1=C(Nc2c(F)cc(C(=O)O)cc2Br)C(=O)N(CCO)C1. The van der Waals surface area contributed by atoms with Crippen molar-refractivity contribution in [2.45, 2.75) is 0 Å². The first-order valence-electron chi connectivity index (χ1n) is 7.01. The molecule has 1 heterocycles. The number of benzene rings is 1. The van der Waals surface area contributed by atoms with Crippen LogP contribution in [0.4, 0.5) is 10.1 Å². The summed E-state index contributed by atoms with van der Waals surface area (Å²) in [6.07, 6.45) is 0. The average molecular weight is 417 g/mol. The quantitative estimate of drug-likeness (QED) is 0.591. The Bertz CT molecular complexity index is 756. The zero-order valence-electron chi connectivity index (χ0n) is 13.0. The first-order valence-corrected chi connectivity index (χ1v) is 7.80. The number of nitrogens with zero attached hydrogens (tertiary/aromatic N) is 1. The van der Waals surface area contributed by atoms with Crippen molar-refractivity contribution in [2.24, 2.45) is 0 Å². The molecule has 2 rings (SSSR count). The van der Waals surface area contributed by atoms with E-state index in [1.165, 1.54) is 4.90 Å². The van der Waals surface area contributed by atoms with Crippen molar-refractivity contribution in [2.75, 3.05) is 32.1 Å². The van der Waals surface area contributed by atoms with Crippen LogP contribution in [-0.4, -0.2) is 59.8 Å². The molecule has 0 saturated carbocycles. The minimum Gasteiger partial charge on any atom is -0.478 e. The maximum atomic E-state index is 14.2. The van der Waals surface area contributed by atoms with Gasteiger partial charge in [-0.1, -0.05) is 0 Å². The highest BCUT2D eigenvalue weighted by Crippen LogP contribution is 2.31. The Balaban J connectivity index is 2.43. The van der Waals surface area contributed by atoms with Gasteiger partial charge in [0, 0.05) is 11.0 Å². The van der Waals surface area contributed by atoms with Gasteiger partial charge in [0.15, 0.2) is 0 Å². The lowest BCUT2D eigenvalue weighted by atomic mass is 10.1. The standard InChI is InChI=1S/C15H14BrFN2O6/c1-25-15(24)8-6-19(2-3-20)13(21)11(8)18-12-9(16)4-7(14(22)23)5-10(12)17/h4-5,18,20H,2-3,6H2,1H3,(H,22,23). The fourth-order valence-electron chi connectivity index (χ4n) is 2.29. The van der Waals surface area contributed by atoms with E-state index < -0.39 is 23.7 Å². The molecule has 0 spiro atoms. The average Bonchev–Trinajstić information content (AvgIpc) is 2.86. The van der Waals surface area contributed by atoms with E-state index in [0.717, 1.165) is 19.2 Å². The van der Waals surface area contributed by atoms with Crippen molar-refractivity contribution < 1.29 is 33.7 Å². The summed E-state index contributed by atoms with van der Waals surface area (Å²) in [5, 5.41) is 20.5. The molecule has 1 aromatic rings. The van der Waals surface area contributed by atoms with E-state index in [-0.39, 0.29) is 46.7 Å². The van der Waals surface area contributed by atoms with Gasteiger partial charge in [-0.3, -0.25) is 4.79 Å². The number of carboxylic acid groups (broad SMARTS) is 1. The molecule has 0 saturated heterocycles. The molecule has 134 valence electrons. The summed E-state index contributed by atoms with van der Waals surface area (Å²) in [7, 11) is 1.14. The summed E-state index contributed by atoms with van der Waals surface area (Å²) < 4.78 is 18.9. The van der Waals surface area contributed by atoms with Crippen LogP contribution in [0.25, 0.3) is 0 Å². The van der Waals surface area contributed by atoms with E-state index in [0.29, 0.717) is 0 Å². The maximum absolute atomic E-state index is 14.2. The Morgan fingerprint density at radius 3 is 2.64 bits per heavy atom. The number of nitrogens with one attached hydrogen (secondary N) is 1. The molecule has 0 aromatic heterocycles. The third-order valence-corrected chi connectivity index (χ3v) is 4.12. The van der Waals surface area contributed by atoms with Crippen LogP contribution < -0.4 is 5.32 Å². The van der Waals surface area contributed by atoms with E-state index in [1.807, 2.05) is 0 Å². The second-order valence-corrected chi connectivity index (χ2v) is 5.89. The van der Waals surface area contributed by atoms with Gasteiger partial charge in [-0.2, -0.15) is 0 Å². The number of amides is 1. The van der Waals surface area contributed by atoms with Crippen molar-refractivity contribution in [1.29, 1.82) is 0 Å². The number of hydrogen-bond acceptors (Lipinski definition) is 6. The number of methoxy groups -OCH3 is 1. The molecule has 0 bridgehead atoms. The summed E-state index contributed by atoms with van der Waals surface area (Å²) in [4.78, 5) is 36.4. The van der Waals surface area contributed by atoms with Gasteiger partial charge >= 0.3 is 11.9 Å². The van der Waals surface area contributed by atoms with Gasteiger partial charge in [-0.25, -0.2) is 14.0 Å². The molecule has 10 heteroatoms. The smallest absolute Gasteiger partial charge is 0.337 e. The molecule has 3 N–H and O–H groups in total. The first-order chi connectivity index (χ1) is 11.8. The summed E-state index contributed by atoms with van der Waals surface area (Å²) in [5.41, 5.74) is -0.685. The molecule has 1 aliphatic rings. The van der Waals surface area contributed by atoms with E-state index in [2.05, 4.69) is 26.0 Å². The molecule has 0 unspecified atom stereocenters. The van der Waals surface area contributed by atoms with Gasteiger partial charge in [0.05, 0.1) is 37.1 Å². The Morgan fingerprint density at radius 1 is 1.44 bits per heavy atom. The monoisotopic (exact) mass is 416 g/mol. The molecule has 0 fully saturated rings. The Kier molecular flexibility index (Phi) is 5.75. The lowest BCUT2D eigenvalue weighted by Gasteiger charge is -2.15. The predicted octanol–water partition coefficient (Wildman–Crippen LogP) is 0.960. The molecular weight excluding hydrogens is 403 g/mol. The van der Waals surface area contributed by atoms with E-state index in [4.69, 9.17) is 10.2 Å².